The number of halogens is 4. The molecule has 2 heterocycles. The fourth-order valence-corrected chi connectivity index (χ4v) is 3.23. The summed E-state index contributed by atoms with van der Waals surface area (Å²) in [6.07, 6.45) is -0.341. The fraction of sp³-hybridized carbons (Fsp3) is 0.389. The molecule has 150 valence electrons. The zero-order valence-electron chi connectivity index (χ0n) is 14.7. The number of rotatable bonds is 6. The van der Waals surface area contributed by atoms with Crippen LogP contribution in [0.2, 0.25) is 0 Å². The van der Waals surface area contributed by atoms with Crippen molar-refractivity contribution in [1.82, 2.24) is 20.2 Å². The largest absolute Gasteiger partial charge is 0.379 e. The number of carbonyl (C=O) groups excluding carboxylic acids is 1. The maximum Gasteiger partial charge on any atom is 0.297 e. The highest BCUT2D eigenvalue weighted by Gasteiger charge is 2.39. The third kappa shape index (κ3) is 4.60. The summed E-state index contributed by atoms with van der Waals surface area (Å²) in [6.45, 7) is 1.73. The third-order valence-corrected chi connectivity index (χ3v) is 4.98. The minimum atomic E-state index is -2.80. The minimum Gasteiger partial charge on any atom is -0.379 e. The molecule has 1 N–H and O–H groups in total. The van der Waals surface area contributed by atoms with Crippen LogP contribution in [0.5, 0.6) is 0 Å². The normalized spacial score (nSPS) is 17.3. The molecule has 0 aliphatic carbocycles. The summed E-state index contributed by atoms with van der Waals surface area (Å²) in [5.74, 6) is -1.65. The molecular formula is C18H18ClF3N4O2. The Morgan fingerprint density at radius 2 is 1.96 bits per heavy atom. The van der Waals surface area contributed by atoms with Crippen molar-refractivity contribution in [2.75, 3.05) is 32.8 Å². The van der Waals surface area contributed by atoms with Crippen molar-refractivity contribution in [3.8, 4) is 0 Å². The van der Waals surface area contributed by atoms with Crippen LogP contribution in [0.25, 0.3) is 0 Å². The summed E-state index contributed by atoms with van der Waals surface area (Å²) >= 11 is 6.85. The van der Waals surface area contributed by atoms with Crippen LogP contribution in [0.4, 0.5) is 13.2 Å². The molecule has 0 radical (unpaired) electrons. The molecule has 1 unspecified atom stereocenters. The quantitative estimate of drug-likeness (QED) is 0.581. The highest BCUT2D eigenvalue weighted by atomic mass is 35.5. The van der Waals surface area contributed by atoms with Crippen LogP contribution < -0.4 is 5.32 Å². The zero-order chi connectivity index (χ0) is 20.1. The number of nitrogens with zero attached hydrogens (tertiary/aromatic N) is 3. The van der Waals surface area contributed by atoms with Gasteiger partial charge in [0.1, 0.15) is 10.8 Å². The van der Waals surface area contributed by atoms with Crippen LogP contribution in [0.3, 0.4) is 0 Å². The number of hydrogen-bond acceptors (Lipinski definition) is 5. The lowest BCUT2D eigenvalue weighted by atomic mass is 10.1. The average molecular weight is 415 g/mol. The Bertz CT molecular complexity index is 819. The van der Waals surface area contributed by atoms with Gasteiger partial charge >= 0.3 is 0 Å². The second-order valence-electron chi connectivity index (χ2n) is 6.18. The predicted molar refractivity (Wildman–Crippen MR) is 95.6 cm³/mol. The van der Waals surface area contributed by atoms with Gasteiger partial charge in [-0.3, -0.25) is 9.69 Å². The van der Waals surface area contributed by atoms with Gasteiger partial charge < -0.3 is 10.1 Å². The molecule has 10 heteroatoms. The first-order chi connectivity index (χ1) is 13.4. The Morgan fingerprint density at radius 1 is 1.29 bits per heavy atom. The molecule has 3 rings (SSSR count). The second-order valence-corrected chi connectivity index (χ2v) is 6.81. The van der Waals surface area contributed by atoms with E-state index < -0.39 is 29.0 Å². The van der Waals surface area contributed by atoms with Crippen molar-refractivity contribution in [1.29, 1.82) is 0 Å². The van der Waals surface area contributed by atoms with Crippen LogP contribution in [-0.4, -0.2) is 53.6 Å². The highest BCUT2D eigenvalue weighted by Crippen LogP contribution is 2.33. The van der Waals surface area contributed by atoms with Crippen molar-refractivity contribution in [3.05, 3.63) is 59.4 Å². The van der Waals surface area contributed by atoms with Crippen molar-refractivity contribution in [2.24, 2.45) is 0 Å². The number of hydrogen-bond donors (Lipinski definition) is 1. The van der Waals surface area contributed by atoms with E-state index in [0.717, 1.165) is 6.07 Å². The lowest BCUT2D eigenvalue weighted by Gasteiger charge is -2.41. The number of nitrogens with one attached hydrogen (secondary N) is 1. The van der Waals surface area contributed by atoms with E-state index in [1.54, 1.807) is 0 Å². The number of benzene rings is 1. The van der Waals surface area contributed by atoms with Gasteiger partial charge in [-0.2, -0.15) is 0 Å². The first kappa shape index (κ1) is 20.5. The Balaban J connectivity index is 1.82. The molecule has 1 saturated heterocycles. The first-order valence-electron chi connectivity index (χ1n) is 8.56. The molecule has 1 atom stereocenters. The van der Waals surface area contributed by atoms with E-state index >= 15 is 0 Å². The standard InChI is InChI=1S/C18H18ClF3N4O2/c19-18(26-4-6-28-7-5-26,13-9-23-16(15(21)22)24-10-13)11-25-17(27)12-2-1-3-14(20)8-12/h1-3,8-10,15H,4-7,11H2,(H,25,27). The van der Waals surface area contributed by atoms with Gasteiger partial charge in [-0.1, -0.05) is 17.7 Å². The van der Waals surface area contributed by atoms with Gasteiger partial charge in [-0.15, -0.1) is 0 Å². The molecule has 1 fully saturated rings. The number of alkyl halides is 3. The fourth-order valence-electron chi connectivity index (χ4n) is 2.89. The van der Waals surface area contributed by atoms with Crippen LogP contribution in [-0.2, 0) is 9.73 Å². The molecule has 28 heavy (non-hydrogen) atoms. The number of ether oxygens (including phenoxy) is 1. The molecule has 1 aromatic carbocycles. The van der Waals surface area contributed by atoms with E-state index in [0.29, 0.717) is 31.9 Å². The van der Waals surface area contributed by atoms with Gasteiger partial charge in [-0.25, -0.2) is 23.1 Å². The minimum absolute atomic E-state index is 0.0682. The maximum atomic E-state index is 13.4. The van der Waals surface area contributed by atoms with Crippen LogP contribution in [0.1, 0.15) is 28.2 Å². The van der Waals surface area contributed by atoms with E-state index in [2.05, 4.69) is 15.3 Å². The Labute approximate surface area is 164 Å². The lowest BCUT2D eigenvalue weighted by Crippen LogP contribution is -2.53. The highest BCUT2D eigenvalue weighted by molar-refractivity contribution is 6.24. The molecule has 6 nitrogen and oxygen atoms in total. The monoisotopic (exact) mass is 414 g/mol. The Morgan fingerprint density at radius 3 is 2.57 bits per heavy atom. The van der Waals surface area contributed by atoms with Crippen molar-refractivity contribution < 1.29 is 22.7 Å². The van der Waals surface area contributed by atoms with Gasteiger partial charge in [0.25, 0.3) is 12.3 Å². The lowest BCUT2D eigenvalue weighted by molar-refractivity contribution is 0.00366. The third-order valence-electron chi connectivity index (χ3n) is 4.39. The molecule has 0 spiro atoms. The molecule has 0 saturated carbocycles. The number of amides is 1. The van der Waals surface area contributed by atoms with E-state index in [1.807, 2.05) is 4.90 Å². The van der Waals surface area contributed by atoms with Crippen molar-refractivity contribution >= 4 is 17.5 Å². The molecule has 1 aromatic heterocycles. The van der Waals surface area contributed by atoms with E-state index in [4.69, 9.17) is 16.3 Å². The van der Waals surface area contributed by atoms with Gasteiger partial charge in [0.05, 0.1) is 19.8 Å². The number of aromatic nitrogens is 2. The van der Waals surface area contributed by atoms with Gasteiger partial charge in [-0.05, 0) is 18.2 Å². The van der Waals surface area contributed by atoms with E-state index in [-0.39, 0.29) is 12.1 Å². The SMILES string of the molecule is O=C(NCC(Cl)(c1cnc(C(F)F)nc1)N1CCOCC1)c1cccc(F)c1. The van der Waals surface area contributed by atoms with Gasteiger partial charge in [0.2, 0.25) is 0 Å². The maximum absolute atomic E-state index is 13.4. The van der Waals surface area contributed by atoms with Crippen LogP contribution in [0, 0.1) is 5.82 Å². The molecule has 0 bridgehead atoms. The summed E-state index contributed by atoms with van der Waals surface area (Å²) in [4.78, 5) is 20.3. The van der Waals surface area contributed by atoms with E-state index in [9.17, 15) is 18.0 Å². The predicted octanol–water partition coefficient (Wildman–Crippen LogP) is 2.71. The van der Waals surface area contributed by atoms with Crippen LogP contribution in [0.15, 0.2) is 36.7 Å². The summed E-state index contributed by atoms with van der Waals surface area (Å²) in [6, 6.07) is 5.25. The molecule has 2 aromatic rings. The van der Waals surface area contributed by atoms with Gasteiger partial charge in [0, 0.05) is 36.6 Å². The topological polar surface area (TPSA) is 67.4 Å². The van der Waals surface area contributed by atoms with E-state index in [1.165, 1.54) is 30.6 Å². The number of carbonyl (C=O) groups is 1. The Hall–Kier alpha value is -2.23. The van der Waals surface area contributed by atoms with Crippen LogP contribution >= 0.6 is 11.6 Å². The van der Waals surface area contributed by atoms with Crippen molar-refractivity contribution in [2.45, 2.75) is 11.4 Å². The Kier molecular flexibility index (Phi) is 6.48. The van der Waals surface area contributed by atoms with Gasteiger partial charge in [0.15, 0.2) is 5.82 Å². The molecule has 1 aliphatic heterocycles. The average Bonchev–Trinajstić information content (AvgIpc) is 2.72. The summed E-state index contributed by atoms with van der Waals surface area (Å²) in [7, 11) is 0. The molecule has 1 aliphatic rings. The first-order valence-corrected chi connectivity index (χ1v) is 8.94. The smallest absolute Gasteiger partial charge is 0.297 e. The molecule has 1 amide bonds. The second kappa shape index (κ2) is 8.85. The summed E-state index contributed by atoms with van der Waals surface area (Å²) in [5.41, 5.74) is 0.505. The zero-order valence-corrected chi connectivity index (χ0v) is 15.5. The molecular weight excluding hydrogens is 397 g/mol. The summed E-state index contributed by atoms with van der Waals surface area (Å²) < 4.78 is 44.2. The van der Waals surface area contributed by atoms with Crippen molar-refractivity contribution in [3.63, 3.8) is 0 Å². The summed E-state index contributed by atoms with van der Waals surface area (Å²) in [5, 5.41) is 2.68. The number of morpholine rings is 1.